The zero-order chi connectivity index (χ0) is 26.4. The van der Waals surface area contributed by atoms with E-state index in [-0.39, 0.29) is 5.41 Å². The summed E-state index contributed by atoms with van der Waals surface area (Å²) < 4.78 is 11.8. The Bertz CT molecular complexity index is 1190. The van der Waals surface area contributed by atoms with Crippen LogP contribution in [0.5, 0.6) is 5.75 Å². The molecule has 2 aromatic heterocycles. The van der Waals surface area contributed by atoms with Gasteiger partial charge in [0, 0.05) is 42.7 Å². The number of carboxylic acids is 1. The maximum atomic E-state index is 12.4. The predicted octanol–water partition coefficient (Wildman–Crippen LogP) is 6.21. The monoisotopic (exact) mass is 503 g/mol. The molecule has 7 nitrogen and oxygen atoms in total. The molecule has 0 spiro atoms. The molecule has 1 saturated heterocycles. The van der Waals surface area contributed by atoms with E-state index in [0.29, 0.717) is 30.2 Å². The third kappa shape index (κ3) is 6.46. The Morgan fingerprint density at radius 1 is 1.08 bits per heavy atom. The van der Waals surface area contributed by atoms with E-state index in [1.54, 1.807) is 12.4 Å². The zero-order valence-corrected chi connectivity index (χ0v) is 22.2. The molecule has 0 radical (unpaired) electrons. The molecule has 4 rings (SSSR count). The zero-order valence-electron chi connectivity index (χ0n) is 22.2. The smallest absolute Gasteiger partial charge is 0.337 e. The third-order valence-corrected chi connectivity index (χ3v) is 6.96. The highest BCUT2D eigenvalue weighted by Crippen LogP contribution is 2.42. The van der Waals surface area contributed by atoms with Crippen molar-refractivity contribution in [1.82, 2.24) is 9.97 Å². The molecule has 1 N–H and O–H groups in total. The molecule has 1 aliphatic heterocycles. The lowest BCUT2D eigenvalue weighted by Gasteiger charge is -2.40. The molecule has 37 heavy (non-hydrogen) atoms. The minimum Gasteiger partial charge on any atom is -0.487 e. The summed E-state index contributed by atoms with van der Waals surface area (Å²) in [5.74, 6) is -0.337. The van der Waals surface area contributed by atoms with Crippen LogP contribution in [0.25, 0.3) is 11.3 Å². The van der Waals surface area contributed by atoms with Crippen LogP contribution in [0.15, 0.2) is 54.9 Å². The summed E-state index contributed by atoms with van der Waals surface area (Å²) in [6.45, 7) is 10.9. The largest absolute Gasteiger partial charge is 0.487 e. The number of carbonyl (C=O) groups is 1. The molecule has 0 saturated carbocycles. The number of rotatable bonds is 10. The number of piperidine rings is 1. The normalized spacial score (nSPS) is 15.8. The Hall–Kier alpha value is -3.45. The molecule has 3 aromatic rings. The molecule has 1 fully saturated rings. The van der Waals surface area contributed by atoms with Crippen LogP contribution in [0.2, 0.25) is 0 Å². The summed E-state index contributed by atoms with van der Waals surface area (Å²) in [5, 5.41) is 10.1. The van der Waals surface area contributed by atoms with Crippen LogP contribution in [-0.4, -0.2) is 40.7 Å². The first-order valence-corrected chi connectivity index (χ1v) is 13.0. The molecule has 1 aromatic carbocycles. The van der Waals surface area contributed by atoms with Gasteiger partial charge in [0.25, 0.3) is 0 Å². The van der Waals surface area contributed by atoms with E-state index in [0.717, 1.165) is 54.9 Å². The molecular weight excluding hydrogens is 466 g/mol. The van der Waals surface area contributed by atoms with E-state index < -0.39 is 12.1 Å². The van der Waals surface area contributed by atoms with Gasteiger partial charge in [-0.15, -0.1) is 0 Å². The molecule has 0 unspecified atom stereocenters. The Kier molecular flexibility index (Phi) is 8.44. The predicted molar refractivity (Wildman–Crippen MR) is 145 cm³/mol. The molecule has 0 amide bonds. The summed E-state index contributed by atoms with van der Waals surface area (Å²) in [6, 6.07) is 13.8. The average Bonchev–Trinajstić information content (AvgIpc) is 2.89. The van der Waals surface area contributed by atoms with Gasteiger partial charge < -0.3 is 19.5 Å². The molecule has 0 bridgehead atoms. The second-order valence-electron chi connectivity index (χ2n) is 10.4. The third-order valence-electron chi connectivity index (χ3n) is 6.96. The molecule has 3 heterocycles. The van der Waals surface area contributed by atoms with Crippen molar-refractivity contribution in [3.05, 3.63) is 71.7 Å². The SMILES string of the molecule is CCCO[C@H](C(=O)O)c1c(C)ncc(-c2ccc(OCc3ccccc3)cn2)c1N1CCC(C)(C)CC1. The van der Waals surface area contributed by atoms with Crippen molar-refractivity contribution in [2.45, 2.75) is 59.7 Å². The fourth-order valence-corrected chi connectivity index (χ4v) is 4.67. The maximum Gasteiger partial charge on any atom is 0.337 e. The van der Waals surface area contributed by atoms with E-state index in [4.69, 9.17) is 14.5 Å². The van der Waals surface area contributed by atoms with Gasteiger partial charge in [-0.05, 0) is 49.3 Å². The number of hydrogen-bond acceptors (Lipinski definition) is 6. The first kappa shape index (κ1) is 26.6. The van der Waals surface area contributed by atoms with Crippen molar-refractivity contribution in [2.75, 3.05) is 24.6 Å². The van der Waals surface area contributed by atoms with Crippen LogP contribution in [-0.2, 0) is 16.1 Å². The molecule has 1 atom stereocenters. The standard InChI is InChI=1S/C30H37N3O4/c1-5-17-36-28(29(34)35)26-21(2)31-19-24(27(26)33-15-13-30(3,4)14-16-33)25-12-11-23(18-32-25)37-20-22-9-7-6-8-10-22/h6-12,18-19,28H,5,13-17,20H2,1-4H3,(H,34,35)/t28-/m0/s1. The van der Waals surface area contributed by atoms with Gasteiger partial charge in [0.05, 0.1) is 17.6 Å². The molecular formula is C30H37N3O4. The van der Waals surface area contributed by atoms with Crippen molar-refractivity contribution >= 4 is 11.7 Å². The number of hydrogen-bond donors (Lipinski definition) is 1. The van der Waals surface area contributed by atoms with Crippen molar-refractivity contribution in [3.63, 3.8) is 0 Å². The minimum absolute atomic E-state index is 0.250. The summed E-state index contributed by atoms with van der Waals surface area (Å²) in [4.78, 5) is 24.0. The van der Waals surface area contributed by atoms with E-state index in [9.17, 15) is 9.90 Å². The summed E-state index contributed by atoms with van der Waals surface area (Å²) >= 11 is 0. The molecule has 196 valence electrons. The summed E-state index contributed by atoms with van der Waals surface area (Å²) in [5.41, 5.74) is 5.00. The van der Waals surface area contributed by atoms with E-state index in [1.165, 1.54) is 0 Å². The van der Waals surface area contributed by atoms with E-state index >= 15 is 0 Å². The fourth-order valence-electron chi connectivity index (χ4n) is 4.67. The topological polar surface area (TPSA) is 84.8 Å². The average molecular weight is 504 g/mol. The number of ether oxygens (including phenoxy) is 2. The number of aryl methyl sites for hydroxylation is 1. The first-order chi connectivity index (χ1) is 17.8. The highest BCUT2D eigenvalue weighted by Gasteiger charge is 2.34. The van der Waals surface area contributed by atoms with Crippen LogP contribution < -0.4 is 9.64 Å². The number of carboxylic acid groups (broad SMARTS) is 1. The van der Waals surface area contributed by atoms with Crippen molar-refractivity contribution < 1.29 is 19.4 Å². The second kappa shape index (κ2) is 11.7. The summed E-state index contributed by atoms with van der Waals surface area (Å²) in [6.07, 6.45) is 5.18. The molecule has 0 aliphatic carbocycles. The Morgan fingerprint density at radius 3 is 2.43 bits per heavy atom. The van der Waals surface area contributed by atoms with Gasteiger partial charge in [-0.1, -0.05) is 51.1 Å². The maximum absolute atomic E-state index is 12.4. The quantitative estimate of drug-likeness (QED) is 0.352. The molecule has 1 aliphatic rings. The van der Waals surface area contributed by atoms with E-state index in [1.807, 2.05) is 56.3 Å². The first-order valence-electron chi connectivity index (χ1n) is 13.0. The number of aromatic nitrogens is 2. The van der Waals surface area contributed by atoms with Crippen LogP contribution in [0, 0.1) is 12.3 Å². The van der Waals surface area contributed by atoms with Crippen LogP contribution in [0.1, 0.15) is 63.0 Å². The Morgan fingerprint density at radius 2 is 1.81 bits per heavy atom. The minimum atomic E-state index is -1.09. The van der Waals surface area contributed by atoms with Gasteiger partial charge in [0.2, 0.25) is 0 Å². The van der Waals surface area contributed by atoms with Crippen molar-refractivity contribution in [3.8, 4) is 17.0 Å². The lowest BCUT2D eigenvalue weighted by atomic mass is 9.82. The highest BCUT2D eigenvalue weighted by atomic mass is 16.5. The number of benzene rings is 1. The van der Waals surface area contributed by atoms with Gasteiger partial charge in [-0.25, -0.2) is 4.79 Å². The van der Waals surface area contributed by atoms with Gasteiger partial charge in [-0.3, -0.25) is 9.97 Å². The van der Waals surface area contributed by atoms with Gasteiger partial charge >= 0.3 is 5.97 Å². The fraction of sp³-hybridized carbons (Fsp3) is 0.433. The van der Waals surface area contributed by atoms with E-state index in [2.05, 4.69) is 23.7 Å². The van der Waals surface area contributed by atoms with Gasteiger partial charge in [0.15, 0.2) is 6.10 Å². The molecule has 7 heteroatoms. The van der Waals surface area contributed by atoms with Crippen LogP contribution in [0.3, 0.4) is 0 Å². The second-order valence-corrected chi connectivity index (χ2v) is 10.4. The van der Waals surface area contributed by atoms with Gasteiger partial charge in [0.1, 0.15) is 12.4 Å². The Labute approximate surface area is 219 Å². The Balaban J connectivity index is 1.71. The van der Waals surface area contributed by atoms with Crippen molar-refractivity contribution in [2.24, 2.45) is 5.41 Å². The lowest BCUT2D eigenvalue weighted by molar-refractivity contribution is -0.150. The van der Waals surface area contributed by atoms with Crippen molar-refractivity contribution in [1.29, 1.82) is 0 Å². The van der Waals surface area contributed by atoms with Crippen LogP contribution in [0.4, 0.5) is 5.69 Å². The number of aliphatic carboxylic acids is 1. The lowest BCUT2D eigenvalue weighted by Crippen LogP contribution is -2.39. The number of pyridine rings is 2. The number of anilines is 1. The van der Waals surface area contributed by atoms with Crippen LogP contribution >= 0.6 is 0 Å². The number of nitrogens with zero attached hydrogens (tertiary/aromatic N) is 3. The highest BCUT2D eigenvalue weighted by molar-refractivity contribution is 5.85. The summed E-state index contributed by atoms with van der Waals surface area (Å²) in [7, 11) is 0. The van der Waals surface area contributed by atoms with Gasteiger partial charge in [-0.2, -0.15) is 0 Å².